The van der Waals surface area contributed by atoms with Gasteiger partial charge in [-0.2, -0.15) is 0 Å². The Labute approximate surface area is 165 Å². The second-order valence-electron chi connectivity index (χ2n) is 6.99. The van der Waals surface area contributed by atoms with Crippen molar-refractivity contribution in [2.75, 3.05) is 0 Å². The van der Waals surface area contributed by atoms with Gasteiger partial charge in [0.2, 0.25) is 5.91 Å². The molecule has 4 aliphatic heterocycles. The van der Waals surface area contributed by atoms with E-state index >= 15 is 0 Å². The zero-order chi connectivity index (χ0) is 19.3. The lowest BCUT2D eigenvalue weighted by Crippen LogP contribution is -2.50. The number of aromatic nitrogens is 1. The van der Waals surface area contributed by atoms with Gasteiger partial charge in [-0.05, 0) is 60.7 Å². The molecule has 4 aliphatic rings. The number of halogens is 1. The molecular weight excluding hydrogens is 374 g/mol. The molecule has 1 aromatic heterocycles. The molecule has 28 heavy (non-hydrogen) atoms. The number of aliphatic imine (C=N–C) groups is 2. The van der Waals surface area contributed by atoms with E-state index in [1.807, 2.05) is 54.7 Å². The average molecular weight is 390 g/mol. The first-order valence-electron chi connectivity index (χ1n) is 8.82. The van der Waals surface area contributed by atoms with Crippen LogP contribution in [0.3, 0.4) is 0 Å². The van der Waals surface area contributed by atoms with Crippen molar-refractivity contribution in [2.45, 2.75) is 12.0 Å². The van der Waals surface area contributed by atoms with Crippen molar-refractivity contribution in [1.82, 2.24) is 10.3 Å². The lowest BCUT2D eigenvalue weighted by atomic mass is 9.95. The number of nitrogens with zero attached hydrogens (tertiary/aromatic N) is 2. The highest BCUT2D eigenvalue weighted by Crippen LogP contribution is 2.34. The van der Waals surface area contributed by atoms with Gasteiger partial charge >= 0.3 is 0 Å². The van der Waals surface area contributed by atoms with Gasteiger partial charge in [-0.25, -0.2) is 9.98 Å². The average Bonchev–Trinajstić information content (AvgIpc) is 3.40. The van der Waals surface area contributed by atoms with Crippen LogP contribution in [0.1, 0.15) is 6.42 Å². The van der Waals surface area contributed by atoms with Gasteiger partial charge in [0.1, 0.15) is 5.54 Å². The van der Waals surface area contributed by atoms with Crippen LogP contribution >= 0.6 is 11.6 Å². The molecule has 0 spiro atoms. The summed E-state index contributed by atoms with van der Waals surface area (Å²) in [7, 11) is 0. The first-order chi connectivity index (χ1) is 13.5. The van der Waals surface area contributed by atoms with Gasteiger partial charge < -0.3 is 16.0 Å². The number of amides is 1. The van der Waals surface area contributed by atoms with Gasteiger partial charge in [0.25, 0.3) is 0 Å². The number of carbonyl (C=O) groups excluding carboxylic acids is 1. The quantitative estimate of drug-likeness (QED) is 0.669. The molecule has 5 rings (SSSR count). The van der Waals surface area contributed by atoms with Gasteiger partial charge in [0, 0.05) is 22.2 Å². The number of H-pyrrole nitrogens is 1. The maximum absolute atomic E-state index is 12.3. The van der Waals surface area contributed by atoms with E-state index in [-0.39, 0.29) is 6.42 Å². The summed E-state index contributed by atoms with van der Waals surface area (Å²) >= 11 is 6.45. The number of nitrogens with one attached hydrogen (secondary N) is 2. The van der Waals surface area contributed by atoms with Crippen LogP contribution in [0.4, 0.5) is 0 Å². The van der Waals surface area contributed by atoms with Crippen molar-refractivity contribution < 1.29 is 4.79 Å². The third-order valence-corrected chi connectivity index (χ3v) is 5.25. The smallest absolute Gasteiger partial charge is 0.247 e. The van der Waals surface area contributed by atoms with E-state index in [2.05, 4.69) is 20.3 Å². The van der Waals surface area contributed by atoms with Crippen LogP contribution < -0.4 is 21.7 Å². The number of primary amides is 1. The van der Waals surface area contributed by atoms with E-state index in [9.17, 15) is 4.79 Å². The zero-order valence-electron chi connectivity index (χ0n) is 14.7. The van der Waals surface area contributed by atoms with Crippen molar-refractivity contribution in [1.29, 1.82) is 0 Å². The summed E-state index contributed by atoms with van der Waals surface area (Å²) in [6.07, 6.45) is 15.3. The standard InChI is InChI=1S/C21H16ClN5O/c22-18-11-21(20(23)28)10-17-6-5-15(26-17)8-13-2-1-12(24-13)7-14-3-4-16(25-14)9-19(18)27-21/h1-10,24,27H,11H2,(H2,23,28). The molecule has 1 unspecified atom stereocenters. The molecule has 4 N–H and O–H groups in total. The predicted molar refractivity (Wildman–Crippen MR) is 111 cm³/mol. The van der Waals surface area contributed by atoms with Crippen LogP contribution in [0.2, 0.25) is 0 Å². The fourth-order valence-corrected chi connectivity index (χ4v) is 3.85. The Morgan fingerprint density at radius 1 is 1.00 bits per heavy atom. The SMILES string of the molecule is NC(=O)C12C=C3C=CC(=N3)C=c3ccc([nH]3)=CC3=NC(=CC(=C(Cl)C1)N2)C=C3. The van der Waals surface area contributed by atoms with Crippen LogP contribution in [-0.2, 0) is 4.79 Å². The van der Waals surface area contributed by atoms with Crippen LogP contribution in [0, 0.1) is 0 Å². The van der Waals surface area contributed by atoms with Crippen molar-refractivity contribution in [3.63, 3.8) is 0 Å². The second-order valence-corrected chi connectivity index (χ2v) is 7.45. The monoisotopic (exact) mass is 389 g/mol. The molecule has 6 nitrogen and oxygen atoms in total. The maximum Gasteiger partial charge on any atom is 0.247 e. The van der Waals surface area contributed by atoms with Gasteiger partial charge in [-0.3, -0.25) is 4.79 Å². The molecule has 1 atom stereocenters. The third-order valence-electron chi connectivity index (χ3n) is 4.91. The molecule has 0 aliphatic carbocycles. The number of hydrogen-bond acceptors (Lipinski definition) is 4. The highest BCUT2D eigenvalue weighted by atomic mass is 35.5. The number of carbonyl (C=O) groups is 1. The fraction of sp³-hybridized carbons (Fsp3) is 0.0952. The van der Waals surface area contributed by atoms with E-state index in [0.717, 1.165) is 27.8 Å². The first-order valence-corrected chi connectivity index (χ1v) is 9.20. The third kappa shape index (κ3) is 2.88. The molecule has 138 valence electrons. The van der Waals surface area contributed by atoms with E-state index in [1.165, 1.54) is 0 Å². The molecule has 1 amide bonds. The highest BCUT2D eigenvalue weighted by Gasteiger charge is 2.41. The summed E-state index contributed by atoms with van der Waals surface area (Å²) < 4.78 is 0. The van der Waals surface area contributed by atoms with E-state index < -0.39 is 11.4 Å². The molecule has 5 heterocycles. The van der Waals surface area contributed by atoms with Crippen molar-refractivity contribution in [3.05, 3.63) is 81.4 Å². The Morgan fingerprint density at radius 3 is 2.32 bits per heavy atom. The van der Waals surface area contributed by atoms with E-state index in [0.29, 0.717) is 16.4 Å². The topological polar surface area (TPSA) is 95.6 Å². The Balaban J connectivity index is 1.71. The van der Waals surface area contributed by atoms with Crippen molar-refractivity contribution in [3.8, 4) is 0 Å². The molecule has 0 radical (unpaired) electrons. The molecule has 0 aromatic carbocycles. The Bertz CT molecular complexity index is 1250. The van der Waals surface area contributed by atoms with E-state index in [1.54, 1.807) is 6.08 Å². The van der Waals surface area contributed by atoms with Crippen molar-refractivity contribution >= 4 is 41.1 Å². The summed E-state index contributed by atoms with van der Waals surface area (Å²) in [5.74, 6) is -0.512. The molecule has 1 aromatic rings. The number of rotatable bonds is 1. The Morgan fingerprint density at radius 2 is 1.64 bits per heavy atom. The Hall–Kier alpha value is -3.38. The summed E-state index contributed by atoms with van der Waals surface area (Å²) in [5, 5.41) is 5.59. The van der Waals surface area contributed by atoms with Gasteiger partial charge in [0.05, 0.1) is 28.5 Å². The highest BCUT2D eigenvalue weighted by molar-refractivity contribution is 6.31. The number of aromatic amines is 1. The minimum atomic E-state index is -1.13. The number of fused-ring (bicyclic) bond motifs is 6. The van der Waals surface area contributed by atoms with Gasteiger partial charge in [0.15, 0.2) is 0 Å². The second kappa shape index (κ2) is 6.07. The Kier molecular flexibility index (Phi) is 3.64. The van der Waals surface area contributed by atoms with Crippen molar-refractivity contribution in [2.24, 2.45) is 15.7 Å². The number of hydrogen-bond donors (Lipinski definition) is 3. The normalized spacial score (nSPS) is 24.8. The number of nitrogens with two attached hydrogens (primary N) is 1. The summed E-state index contributed by atoms with van der Waals surface area (Å²) in [6, 6.07) is 3.97. The number of allylic oxidation sites excluding steroid dienone is 5. The predicted octanol–water partition coefficient (Wildman–Crippen LogP) is 1.05. The molecule has 7 heteroatoms. The minimum absolute atomic E-state index is 0.265. The minimum Gasteiger partial charge on any atom is -0.367 e. The lowest BCUT2D eigenvalue weighted by Gasteiger charge is -2.23. The largest absolute Gasteiger partial charge is 0.367 e. The molecule has 0 saturated carbocycles. The molecule has 8 bridgehead atoms. The molecule has 0 saturated heterocycles. The summed E-state index contributed by atoms with van der Waals surface area (Å²) in [5.41, 5.74) is 8.24. The van der Waals surface area contributed by atoms with Crippen LogP contribution in [0.15, 0.2) is 80.7 Å². The van der Waals surface area contributed by atoms with Crippen LogP contribution in [0.5, 0.6) is 0 Å². The van der Waals surface area contributed by atoms with E-state index in [4.69, 9.17) is 17.3 Å². The zero-order valence-corrected chi connectivity index (χ0v) is 15.5. The van der Waals surface area contributed by atoms with Gasteiger partial charge in [-0.1, -0.05) is 11.6 Å². The first kappa shape index (κ1) is 16.8. The van der Waals surface area contributed by atoms with Gasteiger partial charge in [-0.15, -0.1) is 0 Å². The van der Waals surface area contributed by atoms with Crippen LogP contribution in [0.25, 0.3) is 12.2 Å². The molecule has 0 fully saturated rings. The molecular formula is C21H16ClN5O. The van der Waals surface area contributed by atoms with Crippen LogP contribution in [-0.4, -0.2) is 27.9 Å². The maximum atomic E-state index is 12.3. The summed E-state index contributed by atoms with van der Waals surface area (Å²) in [6.45, 7) is 0. The lowest BCUT2D eigenvalue weighted by molar-refractivity contribution is -0.122. The fourth-order valence-electron chi connectivity index (χ4n) is 3.54. The summed E-state index contributed by atoms with van der Waals surface area (Å²) in [4.78, 5) is 24.8.